The molecule has 1 aromatic rings. The second-order valence-electron chi connectivity index (χ2n) is 5.44. The summed E-state index contributed by atoms with van der Waals surface area (Å²) in [6, 6.07) is 5.50. The summed E-state index contributed by atoms with van der Waals surface area (Å²) in [4.78, 5) is 24.8. The van der Waals surface area contributed by atoms with Gasteiger partial charge in [0.05, 0.1) is 4.90 Å². The second-order valence-corrected chi connectivity index (χ2v) is 7.87. The molecule has 2 rings (SSSR count). The minimum absolute atomic E-state index is 0.0125. The molecule has 0 radical (unpaired) electrons. The highest BCUT2D eigenvalue weighted by atomic mass is 35.5. The van der Waals surface area contributed by atoms with Crippen LogP contribution in [0.1, 0.15) is 19.8 Å². The molecular formula is C14H16ClNO5S. The third kappa shape index (κ3) is 3.10. The molecule has 1 fully saturated rings. The fourth-order valence-electron chi connectivity index (χ4n) is 2.55. The van der Waals surface area contributed by atoms with Crippen LogP contribution in [-0.2, 0) is 19.4 Å². The molecule has 0 aliphatic carbocycles. The molecule has 1 heterocycles. The van der Waals surface area contributed by atoms with Crippen molar-refractivity contribution in [2.24, 2.45) is 0 Å². The van der Waals surface area contributed by atoms with Gasteiger partial charge in [0.25, 0.3) is 0 Å². The molecule has 0 aromatic heterocycles. The Hall–Kier alpha value is -1.60. The Morgan fingerprint density at radius 3 is 2.45 bits per heavy atom. The van der Waals surface area contributed by atoms with E-state index in [-0.39, 0.29) is 11.4 Å². The molecule has 0 bridgehead atoms. The standard InChI is InChI=1S/C14H16ClNO5S/c1-14(13(18)19)7-2-8-16(14)12(17)9-22(20,21)11-5-3-10(15)4-6-11/h3-6H,2,7-9H2,1H3,(H,18,19). The third-order valence-corrected chi connectivity index (χ3v) is 5.76. The van der Waals surface area contributed by atoms with Gasteiger partial charge in [-0.2, -0.15) is 0 Å². The van der Waals surface area contributed by atoms with Crippen molar-refractivity contribution < 1.29 is 23.1 Å². The van der Waals surface area contributed by atoms with E-state index in [1.165, 1.54) is 31.2 Å². The average Bonchev–Trinajstić information content (AvgIpc) is 2.82. The van der Waals surface area contributed by atoms with Crippen molar-refractivity contribution in [1.29, 1.82) is 0 Å². The number of amides is 1. The molecule has 1 aliphatic rings. The normalized spacial score (nSPS) is 21.8. The number of likely N-dealkylation sites (tertiary alicyclic amines) is 1. The molecule has 0 spiro atoms. The van der Waals surface area contributed by atoms with Gasteiger partial charge in [-0.25, -0.2) is 13.2 Å². The number of aliphatic carboxylic acids is 1. The zero-order valence-corrected chi connectivity index (χ0v) is 13.5. The van der Waals surface area contributed by atoms with Crippen LogP contribution in [0.4, 0.5) is 0 Å². The van der Waals surface area contributed by atoms with E-state index >= 15 is 0 Å². The van der Waals surface area contributed by atoms with Crippen LogP contribution >= 0.6 is 11.6 Å². The van der Waals surface area contributed by atoms with Crippen LogP contribution in [0.5, 0.6) is 0 Å². The Balaban J connectivity index is 2.21. The van der Waals surface area contributed by atoms with Crippen molar-refractivity contribution in [3.8, 4) is 0 Å². The maximum atomic E-state index is 12.3. The summed E-state index contributed by atoms with van der Waals surface area (Å²) in [5, 5.41) is 9.67. The van der Waals surface area contributed by atoms with Crippen molar-refractivity contribution in [2.75, 3.05) is 12.3 Å². The number of carboxylic acids is 1. The minimum Gasteiger partial charge on any atom is -0.480 e. The molecule has 120 valence electrons. The van der Waals surface area contributed by atoms with Gasteiger partial charge in [0, 0.05) is 11.6 Å². The summed E-state index contributed by atoms with van der Waals surface area (Å²) < 4.78 is 24.5. The van der Waals surface area contributed by atoms with Crippen molar-refractivity contribution in [2.45, 2.75) is 30.2 Å². The summed E-state index contributed by atoms with van der Waals surface area (Å²) in [6.45, 7) is 1.69. The lowest BCUT2D eigenvalue weighted by Gasteiger charge is -2.31. The summed E-state index contributed by atoms with van der Waals surface area (Å²) in [7, 11) is -3.83. The van der Waals surface area contributed by atoms with Gasteiger partial charge < -0.3 is 10.0 Å². The first kappa shape index (κ1) is 16.8. The van der Waals surface area contributed by atoms with Crippen molar-refractivity contribution in [3.05, 3.63) is 29.3 Å². The number of hydrogen-bond acceptors (Lipinski definition) is 4. The molecule has 22 heavy (non-hydrogen) atoms. The van der Waals surface area contributed by atoms with E-state index < -0.39 is 33.0 Å². The molecule has 1 atom stereocenters. The van der Waals surface area contributed by atoms with Gasteiger partial charge in [0.15, 0.2) is 9.84 Å². The average molecular weight is 346 g/mol. The first-order valence-electron chi connectivity index (χ1n) is 6.69. The van der Waals surface area contributed by atoms with E-state index in [9.17, 15) is 23.1 Å². The zero-order chi connectivity index (χ0) is 16.5. The van der Waals surface area contributed by atoms with Crippen LogP contribution in [0.3, 0.4) is 0 Å². The van der Waals surface area contributed by atoms with E-state index in [1.807, 2.05) is 0 Å². The van der Waals surface area contributed by atoms with Gasteiger partial charge in [0.2, 0.25) is 5.91 Å². The van der Waals surface area contributed by atoms with Crippen molar-refractivity contribution in [1.82, 2.24) is 4.90 Å². The van der Waals surface area contributed by atoms with E-state index in [2.05, 4.69) is 0 Å². The quantitative estimate of drug-likeness (QED) is 0.894. The van der Waals surface area contributed by atoms with Crippen molar-refractivity contribution >= 4 is 33.3 Å². The maximum Gasteiger partial charge on any atom is 0.329 e. The van der Waals surface area contributed by atoms with Crippen LogP contribution in [0.2, 0.25) is 5.02 Å². The van der Waals surface area contributed by atoms with Crippen molar-refractivity contribution in [3.63, 3.8) is 0 Å². The highest BCUT2D eigenvalue weighted by Gasteiger charge is 2.46. The van der Waals surface area contributed by atoms with E-state index in [0.29, 0.717) is 17.9 Å². The number of carbonyl (C=O) groups is 2. The predicted octanol–water partition coefficient (Wildman–Crippen LogP) is 1.58. The zero-order valence-electron chi connectivity index (χ0n) is 12.0. The first-order valence-corrected chi connectivity index (χ1v) is 8.72. The Labute approximate surface area is 133 Å². The maximum absolute atomic E-state index is 12.3. The number of benzene rings is 1. The lowest BCUT2D eigenvalue weighted by atomic mass is 9.99. The fraction of sp³-hybridized carbons (Fsp3) is 0.429. The fourth-order valence-corrected chi connectivity index (χ4v) is 3.88. The Bertz CT molecular complexity index is 700. The van der Waals surface area contributed by atoms with Crippen LogP contribution in [0.15, 0.2) is 29.2 Å². The SMILES string of the molecule is CC1(C(=O)O)CCCN1C(=O)CS(=O)(=O)c1ccc(Cl)cc1. The largest absolute Gasteiger partial charge is 0.480 e. The van der Waals surface area contributed by atoms with E-state index in [4.69, 9.17) is 11.6 Å². The van der Waals surface area contributed by atoms with Gasteiger partial charge in [0.1, 0.15) is 11.3 Å². The van der Waals surface area contributed by atoms with E-state index in [0.717, 1.165) is 4.90 Å². The number of sulfone groups is 1. The van der Waals surface area contributed by atoms with Gasteiger partial charge in [-0.1, -0.05) is 11.6 Å². The van der Waals surface area contributed by atoms with Crippen LogP contribution < -0.4 is 0 Å². The van der Waals surface area contributed by atoms with Gasteiger partial charge >= 0.3 is 5.97 Å². The summed E-state index contributed by atoms with van der Waals surface area (Å²) >= 11 is 5.71. The second kappa shape index (κ2) is 5.89. The first-order chi connectivity index (χ1) is 10.2. The Morgan fingerprint density at radius 2 is 1.91 bits per heavy atom. The molecule has 1 aromatic carbocycles. The summed E-state index contributed by atoms with van der Waals surface area (Å²) in [5.74, 6) is -2.57. The molecule has 1 saturated heterocycles. The van der Waals surface area contributed by atoms with Gasteiger partial charge in [-0.15, -0.1) is 0 Å². The number of carboxylic acid groups (broad SMARTS) is 1. The molecule has 1 unspecified atom stereocenters. The Morgan fingerprint density at radius 1 is 1.32 bits per heavy atom. The number of halogens is 1. The molecule has 1 aliphatic heterocycles. The lowest BCUT2D eigenvalue weighted by molar-refractivity contribution is -0.154. The number of hydrogen-bond donors (Lipinski definition) is 1. The number of rotatable bonds is 4. The molecule has 0 saturated carbocycles. The summed E-state index contributed by atoms with van der Waals surface area (Å²) in [6.07, 6.45) is 0.852. The number of carbonyl (C=O) groups excluding carboxylic acids is 1. The molecule has 1 N–H and O–H groups in total. The predicted molar refractivity (Wildman–Crippen MR) is 80.5 cm³/mol. The van der Waals surface area contributed by atoms with Gasteiger partial charge in [-0.05, 0) is 44.0 Å². The van der Waals surface area contributed by atoms with Crippen LogP contribution in [0, 0.1) is 0 Å². The monoisotopic (exact) mass is 345 g/mol. The number of nitrogens with zero attached hydrogens (tertiary/aromatic N) is 1. The molecule has 6 nitrogen and oxygen atoms in total. The lowest BCUT2D eigenvalue weighted by Crippen LogP contribution is -2.52. The highest BCUT2D eigenvalue weighted by Crippen LogP contribution is 2.30. The topological polar surface area (TPSA) is 91.8 Å². The molecule has 8 heteroatoms. The Kier molecular flexibility index (Phi) is 4.49. The smallest absolute Gasteiger partial charge is 0.329 e. The molecular weight excluding hydrogens is 330 g/mol. The minimum atomic E-state index is -3.83. The third-order valence-electron chi connectivity index (χ3n) is 3.89. The van der Waals surface area contributed by atoms with Gasteiger partial charge in [-0.3, -0.25) is 4.79 Å². The van der Waals surface area contributed by atoms with E-state index in [1.54, 1.807) is 0 Å². The van der Waals surface area contributed by atoms with Crippen LogP contribution in [0.25, 0.3) is 0 Å². The summed E-state index contributed by atoms with van der Waals surface area (Å²) in [5.41, 5.74) is -1.34. The highest BCUT2D eigenvalue weighted by molar-refractivity contribution is 7.92. The van der Waals surface area contributed by atoms with Crippen LogP contribution in [-0.4, -0.2) is 48.1 Å². The molecule has 1 amide bonds.